The van der Waals surface area contributed by atoms with Crippen LogP contribution < -0.4 is 4.90 Å². The van der Waals surface area contributed by atoms with Crippen LogP contribution in [0.1, 0.15) is 20.3 Å². The minimum absolute atomic E-state index is 0.0157. The summed E-state index contributed by atoms with van der Waals surface area (Å²) in [6.45, 7) is 4.86. The second kappa shape index (κ2) is 5.28. The van der Waals surface area contributed by atoms with E-state index in [4.69, 9.17) is 4.74 Å². The van der Waals surface area contributed by atoms with Gasteiger partial charge in [0.05, 0.1) is 22.5 Å². The Morgan fingerprint density at radius 1 is 1.50 bits per heavy atom. The average Bonchev–Trinajstić information content (AvgIpc) is 3.04. The quantitative estimate of drug-likeness (QED) is 0.642. The summed E-state index contributed by atoms with van der Waals surface area (Å²) in [4.78, 5) is 28.4. The number of rotatable bonds is 3. The molecule has 1 aliphatic heterocycles. The highest BCUT2D eigenvalue weighted by molar-refractivity contribution is 5.91. The van der Waals surface area contributed by atoms with Gasteiger partial charge >= 0.3 is 6.09 Å². The molecule has 2 heterocycles. The van der Waals surface area contributed by atoms with Crippen molar-refractivity contribution >= 4 is 28.8 Å². The number of anilines is 1. The molecular formula is C14H16N4O4. The molecule has 8 heteroatoms. The number of ether oxygens (including phenoxy) is 1. The molecule has 1 aliphatic rings. The Bertz CT molecular complexity index is 755. The zero-order valence-electron chi connectivity index (χ0n) is 12.4. The molecule has 0 bridgehead atoms. The molecule has 0 saturated heterocycles. The first kappa shape index (κ1) is 14.3. The normalized spacial score (nSPS) is 14.9. The number of imidazole rings is 1. The van der Waals surface area contributed by atoms with E-state index in [1.165, 1.54) is 17.0 Å². The molecule has 3 rings (SSSR count). The van der Waals surface area contributed by atoms with E-state index < -0.39 is 11.0 Å². The number of nitro groups is 1. The number of non-ortho nitro benzene ring substituents is 1. The fraction of sp³-hybridized carbons (Fsp3) is 0.429. The molecule has 8 nitrogen and oxygen atoms in total. The van der Waals surface area contributed by atoms with Crippen molar-refractivity contribution in [2.75, 3.05) is 11.4 Å². The van der Waals surface area contributed by atoms with Gasteiger partial charge in [0, 0.05) is 18.7 Å². The molecule has 0 aliphatic carbocycles. The van der Waals surface area contributed by atoms with Gasteiger partial charge in [0.25, 0.3) is 5.69 Å². The maximum Gasteiger partial charge on any atom is 0.416 e. The van der Waals surface area contributed by atoms with E-state index in [2.05, 4.69) is 4.98 Å². The smallest absolute Gasteiger partial charge is 0.416 e. The van der Waals surface area contributed by atoms with Gasteiger partial charge in [0.2, 0.25) is 5.95 Å². The molecule has 1 unspecified atom stereocenters. The monoisotopic (exact) mass is 304 g/mol. The first-order valence-electron chi connectivity index (χ1n) is 7.14. The van der Waals surface area contributed by atoms with E-state index in [9.17, 15) is 14.9 Å². The second-order valence-corrected chi connectivity index (χ2v) is 5.25. The van der Waals surface area contributed by atoms with Gasteiger partial charge in [-0.15, -0.1) is 0 Å². The van der Waals surface area contributed by atoms with Crippen LogP contribution in [-0.4, -0.2) is 33.2 Å². The SMILES string of the molecule is CCC(C)OC(=O)N1CCn2c1nc1cc([N+](=O)[O-])ccc12. The summed E-state index contributed by atoms with van der Waals surface area (Å²) in [6, 6.07) is 4.52. The lowest BCUT2D eigenvalue weighted by Gasteiger charge is -2.17. The highest BCUT2D eigenvalue weighted by atomic mass is 16.6. The number of nitro benzene ring substituents is 1. The van der Waals surface area contributed by atoms with Crippen molar-refractivity contribution in [3.8, 4) is 0 Å². The van der Waals surface area contributed by atoms with Gasteiger partial charge in [-0.25, -0.2) is 14.7 Å². The molecule has 22 heavy (non-hydrogen) atoms. The van der Waals surface area contributed by atoms with Crippen LogP contribution in [0, 0.1) is 10.1 Å². The Kier molecular flexibility index (Phi) is 3.44. The number of aromatic nitrogens is 2. The van der Waals surface area contributed by atoms with Crippen LogP contribution in [0.5, 0.6) is 0 Å². The number of hydrogen-bond acceptors (Lipinski definition) is 5. The van der Waals surface area contributed by atoms with E-state index in [1.807, 2.05) is 18.4 Å². The zero-order chi connectivity index (χ0) is 15.9. The molecule has 116 valence electrons. The molecule has 1 aromatic heterocycles. The molecule has 0 saturated carbocycles. The molecule has 1 aromatic carbocycles. The molecule has 0 spiro atoms. The standard InChI is InChI=1S/C14H16N4O4/c1-3-9(2)22-14(19)17-7-6-16-12-5-4-10(18(20)21)8-11(12)15-13(16)17/h4-5,8-9H,3,6-7H2,1-2H3. The summed E-state index contributed by atoms with van der Waals surface area (Å²) >= 11 is 0. The minimum Gasteiger partial charge on any atom is -0.446 e. The molecular weight excluding hydrogens is 288 g/mol. The van der Waals surface area contributed by atoms with Gasteiger partial charge in [-0.05, 0) is 19.4 Å². The number of benzene rings is 1. The summed E-state index contributed by atoms with van der Waals surface area (Å²) in [5, 5.41) is 10.8. The van der Waals surface area contributed by atoms with Gasteiger partial charge in [0.15, 0.2) is 0 Å². The van der Waals surface area contributed by atoms with Crippen molar-refractivity contribution in [1.29, 1.82) is 0 Å². The summed E-state index contributed by atoms with van der Waals surface area (Å²) in [5.74, 6) is 0.476. The lowest BCUT2D eigenvalue weighted by atomic mass is 10.3. The zero-order valence-corrected chi connectivity index (χ0v) is 12.4. The molecule has 1 amide bonds. The Morgan fingerprint density at radius 2 is 2.27 bits per heavy atom. The van der Waals surface area contributed by atoms with Crippen LogP contribution in [0.3, 0.4) is 0 Å². The summed E-state index contributed by atoms with van der Waals surface area (Å²) in [5.41, 5.74) is 1.27. The van der Waals surface area contributed by atoms with Crippen molar-refractivity contribution < 1.29 is 14.5 Å². The molecule has 0 radical (unpaired) electrons. The molecule has 2 aromatic rings. The first-order valence-corrected chi connectivity index (χ1v) is 7.14. The number of carbonyl (C=O) groups excluding carboxylic acids is 1. The summed E-state index contributed by atoms with van der Waals surface area (Å²) in [6.07, 6.45) is 0.146. The fourth-order valence-electron chi connectivity index (χ4n) is 2.44. The maximum absolute atomic E-state index is 12.2. The Hall–Kier alpha value is -2.64. The van der Waals surface area contributed by atoms with Gasteiger partial charge in [-0.3, -0.25) is 10.1 Å². The van der Waals surface area contributed by atoms with E-state index in [-0.39, 0.29) is 11.8 Å². The third kappa shape index (κ3) is 2.26. The third-order valence-corrected chi connectivity index (χ3v) is 3.81. The Morgan fingerprint density at radius 3 is 2.95 bits per heavy atom. The fourth-order valence-corrected chi connectivity index (χ4v) is 2.44. The van der Waals surface area contributed by atoms with E-state index >= 15 is 0 Å². The third-order valence-electron chi connectivity index (χ3n) is 3.81. The van der Waals surface area contributed by atoms with Crippen molar-refractivity contribution in [3.63, 3.8) is 0 Å². The van der Waals surface area contributed by atoms with Crippen LogP contribution in [-0.2, 0) is 11.3 Å². The summed E-state index contributed by atoms with van der Waals surface area (Å²) < 4.78 is 7.20. The van der Waals surface area contributed by atoms with Crippen molar-refractivity contribution in [3.05, 3.63) is 28.3 Å². The topological polar surface area (TPSA) is 90.5 Å². The van der Waals surface area contributed by atoms with Crippen molar-refractivity contribution in [1.82, 2.24) is 9.55 Å². The number of carbonyl (C=O) groups is 1. The van der Waals surface area contributed by atoms with Crippen LogP contribution in [0.15, 0.2) is 18.2 Å². The highest BCUT2D eigenvalue weighted by Crippen LogP contribution is 2.30. The van der Waals surface area contributed by atoms with Crippen molar-refractivity contribution in [2.24, 2.45) is 0 Å². The van der Waals surface area contributed by atoms with Gasteiger partial charge in [-0.1, -0.05) is 6.92 Å². The Balaban J connectivity index is 1.95. The maximum atomic E-state index is 12.2. The number of amides is 1. The van der Waals surface area contributed by atoms with Crippen LogP contribution >= 0.6 is 0 Å². The van der Waals surface area contributed by atoms with Crippen molar-refractivity contribution in [2.45, 2.75) is 32.9 Å². The number of fused-ring (bicyclic) bond motifs is 3. The average molecular weight is 304 g/mol. The molecule has 1 atom stereocenters. The van der Waals surface area contributed by atoms with E-state index in [1.54, 1.807) is 6.07 Å². The number of hydrogen-bond donors (Lipinski definition) is 0. The van der Waals surface area contributed by atoms with Gasteiger partial charge in [0.1, 0.15) is 6.10 Å². The van der Waals surface area contributed by atoms with Crippen LogP contribution in [0.25, 0.3) is 11.0 Å². The second-order valence-electron chi connectivity index (χ2n) is 5.25. The largest absolute Gasteiger partial charge is 0.446 e. The predicted molar refractivity (Wildman–Crippen MR) is 80.0 cm³/mol. The Labute approximate surface area is 126 Å². The predicted octanol–water partition coefficient (Wildman–Crippen LogP) is 2.70. The molecule has 0 N–H and O–H groups in total. The number of nitrogens with zero attached hydrogens (tertiary/aromatic N) is 4. The van der Waals surface area contributed by atoms with Gasteiger partial charge < -0.3 is 9.30 Å². The highest BCUT2D eigenvalue weighted by Gasteiger charge is 2.30. The summed E-state index contributed by atoms with van der Waals surface area (Å²) in [7, 11) is 0. The lowest BCUT2D eigenvalue weighted by molar-refractivity contribution is -0.384. The lowest BCUT2D eigenvalue weighted by Crippen LogP contribution is -2.32. The van der Waals surface area contributed by atoms with E-state index in [0.29, 0.717) is 24.6 Å². The van der Waals surface area contributed by atoms with Crippen LogP contribution in [0.4, 0.5) is 16.4 Å². The first-order chi connectivity index (χ1) is 10.5. The minimum atomic E-state index is -0.459. The van der Waals surface area contributed by atoms with Crippen LogP contribution in [0.2, 0.25) is 0 Å². The van der Waals surface area contributed by atoms with E-state index in [0.717, 1.165) is 11.9 Å². The molecule has 0 fully saturated rings. The van der Waals surface area contributed by atoms with Gasteiger partial charge in [-0.2, -0.15) is 0 Å².